The summed E-state index contributed by atoms with van der Waals surface area (Å²) >= 11 is 3.25. The molecule has 198 valence electrons. The quantitative estimate of drug-likeness (QED) is 0.319. The van der Waals surface area contributed by atoms with Crippen molar-refractivity contribution in [2.24, 2.45) is 0 Å². The van der Waals surface area contributed by atoms with Gasteiger partial charge in [-0.25, -0.2) is 25.6 Å². The minimum Gasteiger partial charge on any atom is -0.468 e. The predicted octanol–water partition coefficient (Wildman–Crippen LogP) is 3.34. The van der Waals surface area contributed by atoms with E-state index in [0.717, 1.165) is 27.1 Å². The predicted molar refractivity (Wildman–Crippen MR) is 138 cm³/mol. The number of aryl methyl sites for hydroxylation is 1. The van der Waals surface area contributed by atoms with E-state index in [2.05, 4.69) is 20.7 Å². The molecule has 3 aromatic rings. The zero-order valence-electron chi connectivity index (χ0n) is 20.2. The molecular weight excluding hydrogens is 588 g/mol. The Morgan fingerprint density at radius 1 is 0.946 bits per heavy atom. The second-order valence-corrected chi connectivity index (χ2v) is 12.5. The lowest BCUT2D eigenvalue weighted by atomic mass is 10.2. The Morgan fingerprint density at radius 2 is 1.54 bits per heavy atom. The van der Waals surface area contributed by atoms with Gasteiger partial charge in [-0.1, -0.05) is 33.6 Å². The van der Waals surface area contributed by atoms with Crippen molar-refractivity contribution < 1.29 is 35.9 Å². The Kier molecular flexibility index (Phi) is 8.95. The third kappa shape index (κ3) is 6.29. The second-order valence-electron chi connectivity index (χ2n) is 7.81. The van der Waals surface area contributed by atoms with Gasteiger partial charge in [0.05, 0.1) is 41.3 Å². The number of carbonyl (C=O) groups excluding carboxylic acids is 2. The molecular formula is C24H25BrN2O8S2. The topological polar surface area (TPSA) is 129 Å². The average molecular weight is 614 g/mol. The van der Waals surface area contributed by atoms with Crippen molar-refractivity contribution >= 4 is 47.9 Å². The lowest BCUT2D eigenvalue weighted by Gasteiger charge is -2.23. The van der Waals surface area contributed by atoms with Crippen molar-refractivity contribution in [3.05, 3.63) is 82.1 Å². The number of hydrogen-bond acceptors (Lipinski definition) is 8. The molecule has 10 nitrogen and oxygen atoms in total. The van der Waals surface area contributed by atoms with Crippen molar-refractivity contribution in [1.29, 1.82) is 0 Å². The second kappa shape index (κ2) is 11.6. The largest absolute Gasteiger partial charge is 0.468 e. The molecule has 0 amide bonds. The first-order valence-corrected chi connectivity index (χ1v) is 14.6. The first-order valence-electron chi connectivity index (χ1n) is 10.9. The van der Waals surface area contributed by atoms with Gasteiger partial charge in [-0.2, -0.15) is 4.31 Å². The minimum atomic E-state index is -4.32. The molecule has 0 radical (unpaired) electrons. The highest BCUT2D eigenvalue weighted by atomic mass is 79.9. The standard InChI is InChI=1S/C24H25BrN2O8S2/c1-4-35-24(29)21-13-14-27(37(32,33)20-11-7-18(25)8-12-20)22(21)15-26(16-23(28)34-3)36(30,31)19-9-5-17(2)6-10-19/h5-14H,4,15-16H2,1-3H3. The van der Waals surface area contributed by atoms with E-state index in [0.29, 0.717) is 4.47 Å². The van der Waals surface area contributed by atoms with Crippen LogP contribution in [-0.4, -0.2) is 57.3 Å². The van der Waals surface area contributed by atoms with Crippen LogP contribution in [-0.2, 0) is 40.9 Å². The van der Waals surface area contributed by atoms with Crippen LogP contribution in [0.15, 0.2) is 75.1 Å². The molecule has 2 aromatic carbocycles. The summed E-state index contributed by atoms with van der Waals surface area (Å²) < 4.78 is 66.1. The number of benzene rings is 2. The fourth-order valence-electron chi connectivity index (χ4n) is 3.40. The molecule has 1 heterocycles. The number of rotatable bonds is 10. The van der Waals surface area contributed by atoms with Crippen LogP contribution in [0.4, 0.5) is 0 Å². The number of ether oxygens (including phenoxy) is 2. The summed E-state index contributed by atoms with van der Waals surface area (Å²) in [5, 5.41) is 0. The third-order valence-corrected chi connectivity index (χ3v) is 9.40. The van der Waals surface area contributed by atoms with Gasteiger partial charge in [0.15, 0.2) is 0 Å². The summed E-state index contributed by atoms with van der Waals surface area (Å²) in [6, 6.07) is 13.0. The molecule has 13 heteroatoms. The van der Waals surface area contributed by atoms with Gasteiger partial charge in [0.1, 0.15) is 6.54 Å². The normalized spacial score (nSPS) is 11.9. The van der Waals surface area contributed by atoms with E-state index < -0.39 is 45.1 Å². The van der Waals surface area contributed by atoms with Gasteiger partial charge < -0.3 is 9.47 Å². The molecule has 0 aliphatic heterocycles. The van der Waals surface area contributed by atoms with Crippen molar-refractivity contribution in [1.82, 2.24) is 8.28 Å². The smallest absolute Gasteiger partial charge is 0.340 e. The van der Waals surface area contributed by atoms with Crippen molar-refractivity contribution in [3.8, 4) is 0 Å². The molecule has 3 rings (SSSR count). The molecule has 0 unspecified atom stereocenters. The molecule has 0 fully saturated rings. The van der Waals surface area contributed by atoms with Crippen molar-refractivity contribution in [2.75, 3.05) is 20.3 Å². The highest BCUT2D eigenvalue weighted by Crippen LogP contribution is 2.26. The van der Waals surface area contributed by atoms with Crippen LogP contribution in [0.2, 0.25) is 0 Å². The van der Waals surface area contributed by atoms with Crippen LogP contribution in [0.1, 0.15) is 28.5 Å². The van der Waals surface area contributed by atoms with Crippen molar-refractivity contribution in [3.63, 3.8) is 0 Å². The number of carbonyl (C=O) groups is 2. The van der Waals surface area contributed by atoms with Gasteiger partial charge in [-0.3, -0.25) is 4.79 Å². The molecule has 0 bridgehead atoms. The Bertz CT molecular complexity index is 1500. The minimum absolute atomic E-state index is 0.0104. The zero-order chi connectivity index (χ0) is 27.4. The molecule has 0 aliphatic rings. The van der Waals surface area contributed by atoms with E-state index in [-0.39, 0.29) is 27.7 Å². The molecule has 0 saturated heterocycles. The summed E-state index contributed by atoms with van der Waals surface area (Å²) in [6.07, 6.45) is 1.15. The van der Waals surface area contributed by atoms with Gasteiger partial charge in [0.25, 0.3) is 10.0 Å². The van der Waals surface area contributed by atoms with E-state index in [1.807, 2.05) is 0 Å². The average Bonchev–Trinajstić information content (AvgIpc) is 3.29. The van der Waals surface area contributed by atoms with Crippen LogP contribution in [0, 0.1) is 6.92 Å². The first kappa shape index (κ1) is 28.6. The highest BCUT2D eigenvalue weighted by molar-refractivity contribution is 9.10. The molecule has 0 spiro atoms. The summed E-state index contributed by atoms with van der Waals surface area (Å²) in [6.45, 7) is 2.02. The van der Waals surface area contributed by atoms with E-state index in [9.17, 15) is 26.4 Å². The van der Waals surface area contributed by atoms with Crippen molar-refractivity contribution in [2.45, 2.75) is 30.2 Å². The van der Waals surface area contributed by atoms with Crippen LogP contribution in [0.25, 0.3) is 0 Å². The van der Waals surface area contributed by atoms with Crippen LogP contribution < -0.4 is 0 Å². The molecule has 0 aliphatic carbocycles. The zero-order valence-corrected chi connectivity index (χ0v) is 23.5. The Labute approximate surface area is 224 Å². The summed E-state index contributed by atoms with van der Waals surface area (Å²) in [5.41, 5.74) is 0.468. The Morgan fingerprint density at radius 3 is 2.11 bits per heavy atom. The lowest BCUT2D eigenvalue weighted by Crippen LogP contribution is -2.37. The first-order chi connectivity index (χ1) is 17.4. The molecule has 37 heavy (non-hydrogen) atoms. The van der Waals surface area contributed by atoms with Crippen LogP contribution >= 0.6 is 15.9 Å². The fraction of sp³-hybridized carbons (Fsp3) is 0.250. The number of nitrogens with zero attached hydrogens (tertiary/aromatic N) is 2. The lowest BCUT2D eigenvalue weighted by molar-refractivity contribution is -0.140. The summed E-state index contributed by atoms with van der Waals surface area (Å²) in [4.78, 5) is 24.7. The molecule has 0 N–H and O–H groups in total. The van der Waals surface area contributed by atoms with Gasteiger partial charge in [-0.15, -0.1) is 0 Å². The van der Waals surface area contributed by atoms with Crippen LogP contribution in [0.3, 0.4) is 0 Å². The summed E-state index contributed by atoms with van der Waals surface area (Å²) in [7, 11) is -7.48. The fourth-order valence-corrected chi connectivity index (χ4v) is 6.39. The SMILES string of the molecule is CCOC(=O)c1ccn(S(=O)(=O)c2ccc(Br)cc2)c1CN(CC(=O)OC)S(=O)(=O)c1ccc(C)cc1. The van der Waals surface area contributed by atoms with E-state index in [1.54, 1.807) is 26.0 Å². The maximum atomic E-state index is 13.5. The Balaban J connectivity index is 2.19. The number of halogens is 1. The molecule has 0 atom stereocenters. The maximum absolute atomic E-state index is 13.5. The van der Waals surface area contributed by atoms with E-state index >= 15 is 0 Å². The summed E-state index contributed by atoms with van der Waals surface area (Å²) in [5.74, 6) is -1.71. The number of esters is 2. The van der Waals surface area contributed by atoms with Crippen LogP contribution in [0.5, 0.6) is 0 Å². The van der Waals surface area contributed by atoms with Gasteiger partial charge in [-0.05, 0) is 56.3 Å². The monoisotopic (exact) mass is 612 g/mol. The van der Waals surface area contributed by atoms with E-state index in [1.165, 1.54) is 42.5 Å². The number of sulfonamides is 1. The maximum Gasteiger partial charge on any atom is 0.340 e. The number of methoxy groups -OCH3 is 1. The third-order valence-electron chi connectivity index (χ3n) is 5.34. The molecule has 0 saturated carbocycles. The number of aromatic nitrogens is 1. The van der Waals surface area contributed by atoms with Gasteiger partial charge in [0.2, 0.25) is 10.0 Å². The Hall–Kier alpha value is -3.00. The van der Waals surface area contributed by atoms with Gasteiger partial charge in [0, 0.05) is 10.7 Å². The van der Waals surface area contributed by atoms with Gasteiger partial charge >= 0.3 is 11.9 Å². The molecule has 1 aromatic heterocycles. The number of hydrogen-bond donors (Lipinski definition) is 0. The highest BCUT2D eigenvalue weighted by Gasteiger charge is 2.33. The van der Waals surface area contributed by atoms with E-state index in [4.69, 9.17) is 4.74 Å².